The van der Waals surface area contributed by atoms with Crippen LogP contribution in [0, 0.1) is 6.92 Å². The van der Waals surface area contributed by atoms with Gasteiger partial charge in [-0.3, -0.25) is 9.78 Å². The van der Waals surface area contributed by atoms with E-state index < -0.39 is 0 Å². The zero-order valence-corrected chi connectivity index (χ0v) is 11.1. The standard InChI is InChI=1S/C17H17NO/c1-12-10-16(8-9-18-12)17(19)15-7-3-6-14(11-15)13-4-2-5-13/h3,6-11,13H,2,4-5H2,1H3. The van der Waals surface area contributed by atoms with E-state index in [1.54, 1.807) is 12.3 Å². The molecular weight excluding hydrogens is 234 g/mol. The van der Waals surface area contributed by atoms with Crippen molar-refractivity contribution >= 4 is 5.78 Å². The quantitative estimate of drug-likeness (QED) is 0.775. The maximum Gasteiger partial charge on any atom is 0.193 e. The van der Waals surface area contributed by atoms with Crippen molar-refractivity contribution in [2.45, 2.75) is 32.1 Å². The molecular formula is C17H17NO. The Labute approximate surface area is 113 Å². The fourth-order valence-corrected chi connectivity index (χ4v) is 2.53. The monoisotopic (exact) mass is 251 g/mol. The van der Waals surface area contributed by atoms with Gasteiger partial charge in [0, 0.05) is 23.0 Å². The highest BCUT2D eigenvalue weighted by Gasteiger charge is 2.20. The van der Waals surface area contributed by atoms with E-state index in [0.29, 0.717) is 5.92 Å². The number of benzene rings is 1. The van der Waals surface area contributed by atoms with Crippen molar-refractivity contribution in [1.29, 1.82) is 0 Å². The Morgan fingerprint density at radius 2 is 1.95 bits per heavy atom. The summed E-state index contributed by atoms with van der Waals surface area (Å²) in [5.74, 6) is 0.749. The van der Waals surface area contributed by atoms with Crippen LogP contribution in [0.25, 0.3) is 0 Å². The smallest absolute Gasteiger partial charge is 0.193 e. The first kappa shape index (κ1) is 12.1. The molecule has 0 amide bonds. The van der Waals surface area contributed by atoms with Crippen LogP contribution in [0.4, 0.5) is 0 Å². The van der Waals surface area contributed by atoms with Crippen molar-refractivity contribution in [1.82, 2.24) is 4.98 Å². The largest absolute Gasteiger partial charge is 0.289 e. The van der Waals surface area contributed by atoms with Crippen molar-refractivity contribution in [3.8, 4) is 0 Å². The number of hydrogen-bond donors (Lipinski definition) is 0. The van der Waals surface area contributed by atoms with Crippen LogP contribution < -0.4 is 0 Å². The van der Waals surface area contributed by atoms with E-state index >= 15 is 0 Å². The molecule has 1 heterocycles. The van der Waals surface area contributed by atoms with Crippen LogP contribution in [0.2, 0.25) is 0 Å². The molecule has 0 saturated heterocycles. The Morgan fingerprint density at radius 1 is 1.16 bits per heavy atom. The molecule has 1 aliphatic carbocycles. The minimum Gasteiger partial charge on any atom is -0.289 e. The van der Waals surface area contributed by atoms with Crippen LogP contribution in [0.15, 0.2) is 42.6 Å². The maximum atomic E-state index is 12.5. The molecule has 0 radical (unpaired) electrons. The molecule has 3 rings (SSSR count). The van der Waals surface area contributed by atoms with Gasteiger partial charge in [-0.15, -0.1) is 0 Å². The average Bonchev–Trinajstić information content (AvgIpc) is 2.36. The minimum atomic E-state index is 0.0895. The molecule has 2 heteroatoms. The Bertz CT molecular complexity index is 614. The zero-order chi connectivity index (χ0) is 13.2. The van der Waals surface area contributed by atoms with Crippen LogP contribution in [-0.2, 0) is 0 Å². The number of nitrogens with zero attached hydrogens (tertiary/aromatic N) is 1. The third-order valence-electron chi connectivity index (χ3n) is 3.88. The van der Waals surface area contributed by atoms with Gasteiger partial charge in [0.15, 0.2) is 5.78 Å². The highest BCUT2D eigenvalue weighted by molar-refractivity contribution is 6.09. The second kappa shape index (κ2) is 4.96. The van der Waals surface area contributed by atoms with Gasteiger partial charge in [0.05, 0.1) is 0 Å². The number of carbonyl (C=O) groups excluding carboxylic acids is 1. The number of ketones is 1. The van der Waals surface area contributed by atoms with Gasteiger partial charge in [0.1, 0.15) is 0 Å². The third kappa shape index (κ3) is 2.43. The lowest BCUT2D eigenvalue weighted by Crippen LogP contribution is -2.10. The molecule has 96 valence electrons. The van der Waals surface area contributed by atoms with Crippen molar-refractivity contribution < 1.29 is 4.79 Å². The molecule has 1 saturated carbocycles. The molecule has 1 aromatic heterocycles. The summed E-state index contributed by atoms with van der Waals surface area (Å²) in [7, 11) is 0. The van der Waals surface area contributed by atoms with Crippen LogP contribution in [0.1, 0.15) is 52.4 Å². The highest BCUT2D eigenvalue weighted by atomic mass is 16.1. The average molecular weight is 251 g/mol. The van der Waals surface area contributed by atoms with Gasteiger partial charge in [-0.25, -0.2) is 0 Å². The van der Waals surface area contributed by atoms with E-state index in [0.717, 1.165) is 16.8 Å². The molecule has 0 N–H and O–H groups in total. The van der Waals surface area contributed by atoms with Crippen LogP contribution in [0.5, 0.6) is 0 Å². The fraction of sp³-hybridized carbons (Fsp3) is 0.294. The van der Waals surface area contributed by atoms with E-state index in [1.165, 1.54) is 24.8 Å². The Balaban J connectivity index is 1.91. The molecule has 2 nitrogen and oxygen atoms in total. The van der Waals surface area contributed by atoms with Crippen molar-refractivity contribution in [2.24, 2.45) is 0 Å². The normalized spacial score (nSPS) is 15.0. The van der Waals surface area contributed by atoms with Crippen LogP contribution >= 0.6 is 0 Å². The fourth-order valence-electron chi connectivity index (χ4n) is 2.53. The topological polar surface area (TPSA) is 30.0 Å². The van der Waals surface area contributed by atoms with Crippen LogP contribution in [-0.4, -0.2) is 10.8 Å². The first-order valence-corrected chi connectivity index (χ1v) is 6.81. The van der Waals surface area contributed by atoms with E-state index in [2.05, 4.69) is 17.1 Å². The van der Waals surface area contributed by atoms with Gasteiger partial charge in [-0.1, -0.05) is 24.6 Å². The molecule has 0 aliphatic heterocycles. The lowest BCUT2D eigenvalue weighted by Gasteiger charge is -2.26. The molecule has 2 aromatic rings. The van der Waals surface area contributed by atoms with Crippen molar-refractivity contribution in [2.75, 3.05) is 0 Å². The molecule has 0 bridgehead atoms. The van der Waals surface area contributed by atoms with Gasteiger partial charge in [0.25, 0.3) is 0 Å². The van der Waals surface area contributed by atoms with Gasteiger partial charge in [-0.2, -0.15) is 0 Å². The van der Waals surface area contributed by atoms with Gasteiger partial charge in [-0.05, 0) is 49.4 Å². The van der Waals surface area contributed by atoms with E-state index in [9.17, 15) is 4.79 Å². The Morgan fingerprint density at radius 3 is 2.63 bits per heavy atom. The maximum absolute atomic E-state index is 12.5. The SMILES string of the molecule is Cc1cc(C(=O)c2cccc(C3CCC3)c2)ccn1. The molecule has 1 aromatic carbocycles. The molecule has 0 spiro atoms. The molecule has 19 heavy (non-hydrogen) atoms. The molecule has 0 atom stereocenters. The van der Waals surface area contributed by atoms with Gasteiger partial charge in [0.2, 0.25) is 0 Å². The summed E-state index contributed by atoms with van der Waals surface area (Å²) >= 11 is 0. The summed E-state index contributed by atoms with van der Waals surface area (Å²) in [4.78, 5) is 16.6. The summed E-state index contributed by atoms with van der Waals surface area (Å²) in [6, 6.07) is 11.7. The molecule has 0 unspecified atom stereocenters. The summed E-state index contributed by atoms with van der Waals surface area (Å²) in [5, 5.41) is 0. The Hall–Kier alpha value is -1.96. The predicted octanol–water partition coefficient (Wildman–Crippen LogP) is 3.89. The number of carbonyl (C=O) groups is 1. The summed E-state index contributed by atoms with van der Waals surface area (Å²) in [6.45, 7) is 1.90. The summed E-state index contributed by atoms with van der Waals surface area (Å²) in [6.07, 6.45) is 5.52. The number of pyridine rings is 1. The number of hydrogen-bond acceptors (Lipinski definition) is 2. The Kier molecular flexibility index (Phi) is 3.16. The third-order valence-corrected chi connectivity index (χ3v) is 3.88. The van der Waals surface area contributed by atoms with E-state index in [4.69, 9.17) is 0 Å². The number of rotatable bonds is 3. The van der Waals surface area contributed by atoms with Crippen LogP contribution in [0.3, 0.4) is 0 Å². The lowest BCUT2D eigenvalue weighted by molar-refractivity contribution is 0.103. The van der Waals surface area contributed by atoms with Crippen molar-refractivity contribution in [3.05, 3.63) is 65.0 Å². The van der Waals surface area contributed by atoms with Crippen molar-refractivity contribution in [3.63, 3.8) is 0 Å². The molecule has 1 fully saturated rings. The summed E-state index contributed by atoms with van der Waals surface area (Å²) < 4.78 is 0. The first-order chi connectivity index (χ1) is 9.24. The van der Waals surface area contributed by atoms with Gasteiger partial charge < -0.3 is 0 Å². The zero-order valence-electron chi connectivity index (χ0n) is 11.1. The van der Waals surface area contributed by atoms with E-state index in [1.807, 2.05) is 25.1 Å². The highest BCUT2D eigenvalue weighted by Crippen LogP contribution is 2.36. The summed E-state index contributed by atoms with van der Waals surface area (Å²) in [5.41, 5.74) is 3.69. The minimum absolute atomic E-state index is 0.0895. The molecule has 1 aliphatic rings. The predicted molar refractivity (Wildman–Crippen MR) is 75.4 cm³/mol. The first-order valence-electron chi connectivity index (χ1n) is 6.81. The number of aryl methyl sites for hydroxylation is 1. The van der Waals surface area contributed by atoms with Gasteiger partial charge >= 0.3 is 0 Å². The van der Waals surface area contributed by atoms with E-state index in [-0.39, 0.29) is 5.78 Å². The second-order valence-electron chi connectivity index (χ2n) is 5.27. The number of aromatic nitrogens is 1. The lowest BCUT2D eigenvalue weighted by atomic mass is 9.79. The second-order valence-corrected chi connectivity index (χ2v) is 5.27.